The largest absolute Gasteiger partial charge is 0.377 e. The van der Waals surface area contributed by atoms with Crippen molar-refractivity contribution >= 4 is 6.08 Å². The van der Waals surface area contributed by atoms with E-state index < -0.39 is 0 Å². The molecule has 0 aliphatic heterocycles. The normalized spacial score (nSPS) is 9.62. The molecule has 2 aromatic carbocycles. The SMILES string of the molecule is C=Cc1ccccc1COCC.CNCc1ccccc1. The van der Waals surface area contributed by atoms with Gasteiger partial charge in [-0.1, -0.05) is 67.3 Å². The third-order valence-electron chi connectivity index (χ3n) is 2.96. The lowest BCUT2D eigenvalue weighted by molar-refractivity contribution is 0.134. The van der Waals surface area contributed by atoms with Gasteiger partial charge < -0.3 is 10.1 Å². The van der Waals surface area contributed by atoms with E-state index in [1.54, 1.807) is 0 Å². The van der Waals surface area contributed by atoms with Gasteiger partial charge in [0.2, 0.25) is 0 Å². The molecular formula is C19H25NO. The summed E-state index contributed by atoms with van der Waals surface area (Å²) in [5, 5.41) is 3.08. The number of nitrogens with one attached hydrogen (secondary N) is 1. The summed E-state index contributed by atoms with van der Waals surface area (Å²) >= 11 is 0. The average molecular weight is 283 g/mol. The summed E-state index contributed by atoms with van der Waals surface area (Å²) in [7, 11) is 1.95. The maximum atomic E-state index is 5.31. The fourth-order valence-corrected chi connectivity index (χ4v) is 1.88. The number of hydrogen-bond acceptors (Lipinski definition) is 2. The standard InChI is InChI=1S/C11H14O.C8H11N/c1-3-10-7-5-6-8-11(10)9-12-4-2;1-9-7-8-5-3-2-4-6-8/h3,5-8H,1,4,9H2,2H3;2-6,9H,7H2,1H3. The van der Waals surface area contributed by atoms with E-state index in [4.69, 9.17) is 4.74 Å². The first-order valence-electron chi connectivity index (χ1n) is 7.28. The van der Waals surface area contributed by atoms with Gasteiger partial charge in [-0.25, -0.2) is 0 Å². The Hall–Kier alpha value is -1.90. The van der Waals surface area contributed by atoms with E-state index in [2.05, 4.69) is 30.1 Å². The van der Waals surface area contributed by atoms with Crippen molar-refractivity contribution in [1.29, 1.82) is 0 Å². The van der Waals surface area contributed by atoms with Crippen LogP contribution in [0.5, 0.6) is 0 Å². The monoisotopic (exact) mass is 283 g/mol. The Kier molecular flexibility index (Phi) is 8.85. The van der Waals surface area contributed by atoms with Crippen molar-refractivity contribution in [2.45, 2.75) is 20.1 Å². The first kappa shape index (κ1) is 17.2. The van der Waals surface area contributed by atoms with E-state index in [1.807, 2.05) is 56.4 Å². The summed E-state index contributed by atoms with van der Waals surface area (Å²) in [4.78, 5) is 0. The van der Waals surface area contributed by atoms with E-state index in [1.165, 1.54) is 11.1 Å². The van der Waals surface area contributed by atoms with Gasteiger partial charge in [-0.05, 0) is 30.7 Å². The summed E-state index contributed by atoms with van der Waals surface area (Å²) in [6.45, 7) is 8.13. The summed E-state index contributed by atoms with van der Waals surface area (Å²) in [6, 6.07) is 18.5. The predicted molar refractivity (Wildman–Crippen MR) is 91.1 cm³/mol. The van der Waals surface area contributed by atoms with Gasteiger partial charge in [-0.2, -0.15) is 0 Å². The van der Waals surface area contributed by atoms with Crippen LogP contribution in [0.25, 0.3) is 6.08 Å². The van der Waals surface area contributed by atoms with Crippen LogP contribution < -0.4 is 5.32 Å². The van der Waals surface area contributed by atoms with Crippen LogP contribution in [0.1, 0.15) is 23.6 Å². The lowest BCUT2D eigenvalue weighted by Crippen LogP contribution is -2.04. The van der Waals surface area contributed by atoms with Crippen LogP contribution in [0.2, 0.25) is 0 Å². The lowest BCUT2D eigenvalue weighted by Gasteiger charge is -2.04. The van der Waals surface area contributed by atoms with Gasteiger partial charge in [0, 0.05) is 13.2 Å². The highest BCUT2D eigenvalue weighted by molar-refractivity contribution is 5.51. The van der Waals surface area contributed by atoms with Crippen LogP contribution in [0.4, 0.5) is 0 Å². The molecule has 0 saturated heterocycles. The molecule has 0 fully saturated rings. The van der Waals surface area contributed by atoms with Crippen LogP contribution in [-0.2, 0) is 17.9 Å². The van der Waals surface area contributed by atoms with Crippen LogP contribution in [-0.4, -0.2) is 13.7 Å². The Morgan fingerprint density at radius 1 is 1.05 bits per heavy atom. The number of benzene rings is 2. The quantitative estimate of drug-likeness (QED) is 0.854. The van der Waals surface area contributed by atoms with Crippen molar-refractivity contribution in [1.82, 2.24) is 5.32 Å². The summed E-state index contributed by atoms with van der Waals surface area (Å²) < 4.78 is 5.31. The molecule has 0 spiro atoms. The molecule has 2 nitrogen and oxygen atoms in total. The Labute approximate surface area is 128 Å². The lowest BCUT2D eigenvalue weighted by atomic mass is 10.1. The van der Waals surface area contributed by atoms with E-state index >= 15 is 0 Å². The van der Waals surface area contributed by atoms with Gasteiger partial charge in [0.15, 0.2) is 0 Å². The predicted octanol–water partition coefficient (Wildman–Crippen LogP) is 4.27. The fraction of sp³-hybridized carbons (Fsp3) is 0.263. The van der Waals surface area contributed by atoms with Gasteiger partial charge in [0.05, 0.1) is 6.61 Å². The molecule has 1 N–H and O–H groups in total. The molecule has 0 aromatic heterocycles. The third-order valence-corrected chi connectivity index (χ3v) is 2.96. The molecule has 21 heavy (non-hydrogen) atoms. The smallest absolute Gasteiger partial charge is 0.0722 e. The van der Waals surface area contributed by atoms with Crippen LogP contribution >= 0.6 is 0 Å². The molecule has 2 aromatic rings. The Bertz CT molecular complexity index is 508. The second kappa shape index (κ2) is 10.8. The molecule has 0 atom stereocenters. The zero-order valence-corrected chi connectivity index (χ0v) is 13.0. The van der Waals surface area contributed by atoms with Crippen molar-refractivity contribution in [2.75, 3.05) is 13.7 Å². The zero-order chi connectivity index (χ0) is 15.3. The number of hydrogen-bond donors (Lipinski definition) is 1. The first-order valence-corrected chi connectivity index (χ1v) is 7.28. The molecule has 112 valence electrons. The van der Waals surface area contributed by atoms with E-state index in [0.717, 1.165) is 18.7 Å². The molecule has 2 rings (SSSR count). The van der Waals surface area contributed by atoms with E-state index in [0.29, 0.717) is 6.61 Å². The minimum absolute atomic E-state index is 0.679. The second-order valence-electron chi connectivity index (χ2n) is 4.56. The third kappa shape index (κ3) is 6.89. The fourth-order valence-electron chi connectivity index (χ4n) is 1.88. The van der Waals surface area contributed by atoms with Crippen molar-refractivity contribution in [3.05, 3.63) is 77.9 Å². The van der Waals surface area contributed by atoms with Crippen molar-refractivity contribution < 1.29 is 4.74 Å². The second-order valence-corrected chi connectivity index (χ2v) is 4.56. The van der Waals surface area contributed by atoms with Gasteiger partial charge >= 0.3 is 0 Å². The molecule has 0 aliphatic rings. The van der Waals surface area contributed by atoms with Crippen molar-refractivity contribution in [3.8, 4) is 0 Å². The molecular weight excluding hydrogens is 258 g/mol. The molecule has 0 aliphatic carbocycles. The van der Waals surface area contributed by atoms with Gasteiger partial charge in [-0.15, -0.1) is 0 Å². The Morgan fingerprint density at radius 2 is 1.71 bits per heavy atom. The van der Waals surface area contributed by atoms with Crippen LogP contribution in [0, 0.1) is 0 Å². The summed E-state index contributed by atoms with van der Waals surface area (Å²) in [5.74, 6) is 0. The van der Waals surface area contributed by atoms with Crippen LogP contribution in [0.15, 0.2) is 61.2 Å². The number of rotatable bonds is 6. The van der Waals surface area contributed by atoms with E-state index in [-0.39, 0.29) is 0 Å². The van der Waals surface area contributed by atoms with Gasteiger partial charge in [-0.3, -0.25) is 0 Å². The zero-order valence-electron chi connectivity index (χ0n) is 13.0. The molecule has 0 radical (unpaired) electrons. The van der Waals surface area contributed by atoms with Crippen molar-refractivity contribution in [2.24, 2.45) is 0 Å². The number of ether oxygens (including phenoxy) is 1. The first-order chi connectivity index (χ1) is 10.3. The highest BCUT2D eigenvalue weighted by Gasteiger charge is 1.96. The minimum Gasteiger partial charge on any atom is -0.377 e. The average Bonchev–Trinajstić information content (AvgIpc) is 2.55. The highest BCUT2D eigenvalue weighted by atomic mass is 16.5. The maximum Gasteiger partial charge on any atom is 0.0722 e. The Balaban J connectivity index is 0.000000219. The minimum atomic E-state index is 0.679. The van der Waals surface area contributed by atoms with Crippen LogP contribution in [0.3, 0.4) is 0 Å². The Morgan fingerprint density at radius 3 is 2.33 bits per heavy atom. The summed E-state index contributed by atoms with van der Waals surface area (Å²) in [5.41, 5.74) is 3.69. The van der Waals surface area contributed by atoms with Gasteiger partial charge in [0.1, 0.15) is 0 Å². The molecule has 0 amide bonds. The van der Waals surface area contributed by atoms with Gasteiger partial charge in [0.25, 0.3) is 0 Å². The van der Waals surface area contributed by atoms with Crippen molar-refractivity contribution in [3.63, 3.8) is 0 Å². The highest BCUT2D eigenvalue weighted by Crippen LogP contribution is 2.10. The molecule has 0 bridgehead atoms. The molecule has 0 unspecified atom stereocenters. The molecule has 0 saturated carbocycles. The summed E-state index contributed by atoms with van der Waals surface area (Å²) in [6.07, 6.45) is 1.86. The molecule has 0 heterocycles. The maximum absolute atomic E-state index is 5.31. The topological polar surface area (TPSA) is 21.3 Å². The van der Waals surface area contributed by atoms with E-state index in [9.17, 15) is 0 Å². The molecule has 2 heteroatoms.